The monoisotopic (exact) mass is 387 g/mol. The van der Waals surface area contributed by atoms with Gasteiger partial charge in [0.1, 0.15) is 5.75 Å². The van der Waals surface area contributed by atoms with Gasteiger partial charge in [-0.1, -0.05) is 17.7 Å². The van der Waals surface area contributed by atoms with Crippen molar-refractivity contribution in [1.29, 1.82) is 0 Å². The Morgan fingerprint density at radius 2 is 2.04 bits per heavy atom. The number of methoxy groups -OCH3 is 1. The van der Waals surface area contributed by atoms with Gasteiger partial charge in [-0.25, -0.2) is 0 Å². The summed E-state index contributed by atoms with van der Waals surface area (Å²) in [6, 6.07) is 11.6. The normalized spacial score (nSPS) is 16.3. The van der Waals surface area contributed by atoms with Crippen molar-refractivity contribution in [2.75, 3.05) is 23.9 Å². The first-order valence-electron chi connectivity index (χ1n) is 8.23. The topological polar surface area (TPSA) is 102 Å². The van der Waals surface area contributed by atoms with Crippen molar-refractivity contribution < 1.29 is 19.1 Å². The van der Waals surface area contributed by atoms with Crippen LogP contribution in [0.5, 0.6) is 5.75 Å². The van der Waals surface area contributed by atoms with E-state index >= 15 is 0 Å². The highest BCUT2D eigenvalue weighted by atomic mass is 35.5. The maximum atomic E-state index is 12.6. The van der Waals surface area contributed by atoms with E-state index in [2.05, 4.69) is 5.32 Å². The van der Waals surface area contributed by atoms with Crippen LogP contribution in [-0.4, -0.2) is 31.4 Å². The molecule has 1 saturated heterocycles. The molecule has 1 aliphatic rings. The van der Waals surface area contributed by atoms with E-state index in [1.807, 2.05) is 0 Å². The van der Waals surface area contributed by atoms with Crippen LogP contribution >= 0.6 is 11.6 Å². The first-order valence-corrected chi connectivity index (χ1v) is 8.61. The Morgan fingerprint density at radius 3 is 2.74 bits per heavy atom. The van der Waals surface area contributed by atoms with Crippen molar-refractivity contribution in [2.24, 2.45) is 11.7 Å². The van der Waals surface area contributed by atoms with E-state index in [4.69, 9.17) is 22.1 Å². The smallest absolute Gasteiger partial charge is 0.250 e. The number of hydrogen-bond acceptors (Lipinski definition) is 4. The summed E-state index contributed by atoms with van der Waals surface area (Å²) in [7, 11) is 1.55. The van der Waals surface area contributed by atoms with Gasteiger partial charge in [0.25, 0.3) is 0 Å². The second-order valence-corrected chi connectivity index (χ2v) is 6.56. The summed E-state index contributed by atoms with van der Waals surface area (Å²) < 4.78 is 5.18. The first-order chi connectivity index (χ1) is 12.9. The molecule has 3 rings (SSSR count). The summed E-state index contributed by atoms with van der Waals surface area (Å²) >= 11 is 5.91. The molecule has 1 heterocycles. The highest BCUT2D eigenvalue weighted by Crippen LogP contribution is 2.29. The standard InChI is InChI=1S/C19H18ClN3O4/c1-27-14-4-2-3-13(9-14)23-10-11(7-17(23)24)19(26)22-12-5-6-16(20)15(8-12)18(21)25/h2-6,8-9,11H,7,10H2,1H3,(H2,21,25)(H,22,26)/t11-/m1/s1. The van der Waals surface area contributed by atoms with Crippen molar-refractivity contribution in [3.63, 3.8) is 0 Å². The number of hydrogen-bond donors (Lipinski definition) is 2. The van der Waals surface area contributed by atoms with Gasteiger partial charge in [0.15, 0.2) is 0 Å². The molecule has 0 saturated carbocycles. The number of benzene rings is 2. The van der Waals surface area contributed by atoms with E-state index in [9.17, 15) is 14.4 Å². The van der Waals surface area contributed by atoms with E-state index in [1.54, 1.807) is 42.3 Å². The molecule has 0 aromatic heterocycles. The number of carbonyl (C=O) groups is 3. The number of amides is 3. The number of carbonyl (C=O) groups excluding carboxylic acids is 3. The quantitative estimate of drug-likeness (QED) is 0.822. The predicted molar refractivity (Wildman–Crippen MR) is 102 cm³/mol. The number of nitrogens with zero attached hydrogens (tertiary/aromatic N) is 1. The van der Waals surface area contributed by atoms with Crippen LogP contribution in [0.15, 0.2) is 42.5 Å². The fraction of sp³-hybridized carbons (Fsp3) is 0.211. The second kappa shape index (κ2) is 7.67. The number of primary amides is 1. The highest BCUT2D eigenvalue weighted by molar-refractivity contribution is 6.34. The van der Waals surface area contributed by atoms with Crippen LogP contribution in [0, 0.1) is 5.92 Å². The van der Waals surface area contributed by atoms with E-state index in [1.165, 1.54) is 12.1 Å². The predicted octanol–water partition coefficient (Wildman–Crippen LogP) is 2.44. The summed E-state index contributed by atoms with van der Waals surface area (Å²) in [5.74, 6) is -1.02. The van der Waals surface area contributed by atoms with Crippen LogP contribution in [-0.2, 0) is 9.59 Å². The summed E-state index contributed by atoms with van der Waals surface area (Å²) in [6.45, 7) is 0.258. The average Bonchev–Trinajstić information content (AvgIpc) is 3.05. The molecular formula is C19H18ClN3O4. The molecule has 0 radical (unpaired) electrons. The summed E-state index contributed by atoms with van der Waals surface area (Å²) in [5.41, 5.74) is 6.46. The van der Waals surface area contributed by atoms with Crippen molar-refractivity contribution >= 4 is 40.7 Å². The molecule has 1 atom stereocenters. The van der Waals surface area contributed by atoms with Crippen molar-refractivity contribution in [1.82, 2.24) is 0 Å². The molecule has 8 heteroatoms. The number of anilines is 2. The minimum Gasteiger partial charge on any atom is -0.497 e. The van der Waals surface area contributed by atoms with E-state index in [-0.39, 0.29) is 35.4 Å². The summed E-state index contributed by atoms with van der Waals surface area (Å²) in [6.07, 6.45) is 0.0965. The molecule has 27 heavy (non-hydrogen) atoms. The van der Waals surface area contributed by atoms with Gasteiger partial charge in [-0.2, -0.15) is 0 Å². The molecule has 0 unspecified atom stereocenters. The molecule has 3 amide bonds. The lowest BCUT2D eigenvalue weighted by molar-refractivity contribution is -0.122. The summed E-state index contributed by atoms with van der Waals surface area (Å²) in [4.78, 5) is 37.9. The molecule has 1 aliphatic heterocycles. The Balaban J connectivity index is 1.72. The lowest BCUT2D eigenvalue weighted by atomic mass is 10.1. The van der Waals surface area contributed by atoms with Crippen molar-refractivity contribution in [3.8, 4) is 5.75 Å². The van der Waals surface area contributed by atoms with Gasteiger partial charge in [-0.3, -0.25) is 14.4 Å². The molecule has 1 fully saturated rings. The molecule has 140 valence electrons. The Morgan fingerprint density at radius 1 is 1.26 bits per heavy atom. The largest absolute Gasteiger partial charge is 0.497 e. The number of halogens is 1. The van der Waals surface area contributed by atoms with Crippen LogP contribution in [0.1, 0.15) is 16.8 Å². The third-order valence-electron chi connectivity index (χ3n) is 4.36. The molecule has 2 aromatic carbocycles. The van der Waals surface area contributed by atoms with Gasteiger partial charge in [-0.15, -0.1) is 0 Å². The SMILES string of the molecule is COc1cccc(N2C[C@H](C(=O)Nc3ccc(Cl)c(C(N)=O)c3)CC2=O)c1. The fourth-order valence-electron chi connectivity index (χ4n) is 2.95. The Labute approximate surface area is 161 Å². The third-order valence-corrected chi connectivity index (χ3v) is 4.69. The zero-order valence-corrected chi connectivity index (χ0v) is 15.3. The minimum absolute atomic E-state index is 0.0965. The summed E-state index contributed by atoms with van der Waals surface area (Å²) in [5, 5.41) is 2.92. The fourth-order valence-corrected chi connectivity index (χ4v) is 3.16. The van der Waals surface area contributed by atoms with Gasteiger partial charge in [0.2, 0.25) is 17.7 Å². The molecule has 0 aliphatic carbocycles. The van der Waals surface area contributed by atoms with Crippen LogP contribution in [0.3, 0.4) is 0 Å². The number of ether oxygens (including phenoxy) is 1. The molecule has 3 N–H and O–H groups in total. The van der Waals surface area contributed by atoms with Crippen molar-refractivity contribution in [2.45, 2.75) is 6.42 Å². The zero-order chi connectivity index (χ0) is 19.6. The van der Waals surface area contributed by atoms with Crippen LogP contribution in [0.25, 0.3) is 0 Å². The van der Waals surface area contributed by atoms with Gasteiger partial charge in [-0.05, 0) is 30.3 Å². The van der Waals surface area contributed by atoms with E-state index in [0.717, 1.165) is 0 Å². The maximum Gasteiger partial charge on any atom is 0.250 e. The number of nitrogens with one attached hydrogen (secondary N) is 1. The van der Waals surface area contributed by atoms with Gasteiger partial charge in [0, 0.05) is 30.4 Å². The van der Waals surface area contributed by atoms with Gasteiger partial charge in [0.05, 0.1) is 23.6 Å². The average molecular weight is 388 g/mol. The lowest BCUT2D eigenvalue weighted by Gasteiger charge is -2.17. The third kappa shape index (κ3) is 4.03. The maximum absolute atomic E-state index is 12.6. The Bertz CT molecular complexity index is 916. The van der Waals surface area contributed by atoms with Gasteiger partial charge >= 0.3 is 0 Å². The molecule has 0 bridgehead atoms. The molecular weight excluding hydrogens is 370 g/mol. The lowest BCUT2D eigenvalue weighted by Crippen LogP contribution is -2.28. The highest BCUT2D eigenvalue weighted by Gasteiger charge is 2.35. The Hall–Kier alpha value is -3.06. The van der Waals surface area contributed by atoms with Crippen LogP contribution in [0.2, 0.25) is 5.02 Å². The minimum atomic E-state index is -0.684. The second-order valence-electron chi connectivity index (χ2n) is 6.15. The van der Waals surface area contributed by atoms with Crippen molar-refractivity contribution in [3.05, 3.63) is 53.1 Å². The van der Waals surface area contributed by atoms with E-state index in [0.29, 0.717) is 17.1 Å². The molecule has 0 spiro atoms. The Kier molecular flexibility index (Phi) is 5.32. The first kappa shape index (κ1) is 18.7. The van der Waals surface area contributed by atoms with Gasteiger partial charge < -0.3 is 20.7 Å². The molecule has 7 nitrogen and oxygen atoms in total. The molecule has 2 aromatic rings. The zero-order valence-electron chi connectivity index (χ0n) is 14.6. The number of nitrogens with two attached hydrogens (primary N) is 1. The number of rotatable bonds is 5. The van der Waals surface area contributed by atoms with Crippen LogP contribution < -0.4 is 20.7 Å². The van der Waals surface area contributed by atoms with E-state index < -0.39 is 11.8 Å². The van der Waals surface area contributed by atoms with Crippen LogP contribution in [0.4, 0.5) is 11.4 Å².